The summed E-state index contributed by atoms with van der Waals surface area (Å²) >= 11 is 6.45. The summed E-state index contributed by atoms with van der Waals surface area (Å²) in [6, 6.07) is 6.72. The number of hydrogen-bond acceptors (Lipinski definition) is 4. The molecule has 23 heavy (non-hydrogen) atoms. The average molecular weight is 446 g/mol. The minimum absolute atomic E-state index is 0.115. The highest BCUT2D eigenvalue weighted by atomic mass is 79.9. The highest BCUT2D eigenvalue weighted by Gasteiger charge is 1.95. The van der Waals surface area contributed by atoms with Gasteiger partial charge in [0.05, 0.1) is 0 Å². The van der Waals surface area contributed by atoms with Crippen molar-refractivity contribution in [2.45, 2.75) is 13.8 Å². The molecule has 0 unspecified atom stereocenters. The number of anilines is 1. The van der Waals surface area contributed by atoms with Crippen molar-refractivity contribution in [1.29, 1.82) is 0 Å². The smallest absolute Gasteiger partial charge is 0.244 e. The van der Waals surface area contributed by atoms with Gasteiger partial charge >= 0.3 is 0 Å². The zero-order valence-corrected chi connectivity index (χ0v) is 15.5. The van der Waals surface area contributed by atoms with E-state index in [1.54, 1.807) is 30.5 Å². The maximum atomic E-state index is 10.6. The van der Waals surface area contributed by atoms with Gasteiger partial charge in [-0.05, 0) is 24.3 Å². The number of aromatic nitrogens is 2. The second-order valence-corrected chi connectivity index (χ2v) is 6.05. The van der Waals surface area contributed by atoms with Gasteiger partial charge < -0.3 is 10.5 Å². The third-order valence-electron chi connectivity index (χ3n) is 2.17. The van der Waals surface area contributed by atoms with Crippen LogP contribution in [0.2, 0.25) is 0 Å². The molecular weight excluding hydrogens is 432 g/mol. The molecule has 0 saturated heterocycles. The SMILES string of the molecule is CC(=O)N=c1cc(Br)ccn1O.CC(=O)Nc1cc(Br)ccn1. The molecule has 2 rings (SSSR count). The lowest BCUT2D eigenvalue weighted by molar-refractivity contribution is -0.116. The Morgan fingerprint density at radius 2 is 1.87 bits per heavy atom. The van der Waals surface area contributed by atoms with E-state index in [-0.39, 0.29) is 17.3 Å². The Kier molecular flexibility index (Phi) is 7.63. The molecule has 0 atom stereocenters. The summed E-state index contributed by atoms with van der Waals surface area (Å²) < 4.78 is 2.44. The van der Waals surface area contributed by atoms with Crippen LogP contribution in [0.5, 0.6) is 0 Å². The molecule has 7 nitrogen and oxygen atoms in total. The number of carbonyl (C=O) groups is 2. The van der Waals surface area contributed by atoms with Crippen LogP contribution in [0.25, 0.3) is 0 Å². The molecule has 0 spiro atoms. The number of rotatable bonds is 1. The van der Waals surface area contributed by atoms with E-state index in [2.05, 4.69) is 47.2 Å². The summed E-state index contributed by atoms with van der Waals surface area (Å²) in [6.45, 7) is 2.77. The van der Waals surface area contributed by atoms with Gasteiger partial charge in [-0.1, -0.05) is 31.9 Å². The molecule has 2 heterocycles. The van der Waals surface area contributed by atoms with E-state index < -0.39 is 0 Å². The van der Waals surface area contributed by atoms with Gasteiger partial charge in [-0.25, -0.2) is 4.98 Å². The minimum atomic E-state index is -0.351. The number of pyridine rings is 2. The van der Waals surface area contributed by atoms with Gasteiger partial charge in [-0.3, -0.25) is 9.59 Å². The van der Waals surface area contributed by atoms with E-state index in [0.717, 1.165) is 13.7 Å². The first kappa shape index (κ1) is 19.0. The van der Waals surface area contributed by atoms with Gasteiger partial charge in [-0.15, -0.1) is 0 Å². The molecule has 2 aromatic heterocycles. The largest absolute Gasteiger partial charge is 0.427 e. The standard InChI is InChI=1S/C7H7BrN2O2.C7H7BrN2O/c1-5(11)9-7-4-6(8)2-3-10(7)12;1-5(11)10-7-4-6(8)2-3-9-7/h2-4,12H,1H3;2-4H,1H3,(H,9,10,11). The molecule has 0 aliphatic rings. The third-order valence-corrected chi connectivity index (χ3v) is 3.16. The molecule has 9 heteroatoms. The Hall–Kier alpha value is -2.00. The van der Waals surface area contributed by atoms with Crippen LogP contribution >= 0.6 is 31.9 Å². The lowest BCUT2D eigenvalue weighted by Gasteiger charge is -1.99. The molecule has 2 N–H and O–H groups in total. The fourth-order valence-corrected chi connectivity index (χ4v) is 2.01. The second-order valence-electron chi connectivity index (χ2n) is 4.22. The summed E-state index contributed by atoms with van der Waals surface area (Å²) in [5.74, 6) is 0.0957. The predicted molar refractivity (Wildman–Crippen MR) is 91.8 cm³/mol. The van der Waals surface area contributed by atoms with Crippen LogP contribution < -0.4 is 10.8 Å². The predicted octanol–water partition coefficient (Wildman–Crippen LogP) is 2.74. The summed E-state index contributed by atoms with van der Waals surface area (Å²) in [6.07, 6.45) is 3.02. The maximum absolute atomic E-state index is 10.6. The lowest BCUT2D eigenvalue weighted by Crippen LogP contribution is -2.18. The van der Waals surface area contributed by atoms with Crippen LogP contribution in [-0.4, -0.2) is 26.7 Å². The topological polar surface area (TPSA) is 96.6 Å². The lowest BCUT2D eigenvalue weighted by atomic mass is 10.4. The molecule has 0 radical (unpaired) electrons. The van der Waals surface area contributed by atoms with E-state index in [9.17, 15) is 9.59 Å². The van der Waals surface area contributed by atoms with Crippen LogP contribution in [0.4, 0.5) is 5.82 Å². The highest BCUT2D eigenvalue weighted by Crippen LogP contribution is 2.12. The molecule has 0 fully saturated rings. The first-order chi connectivity index (χ1) is 10.8. The normalized spacial score (nSPS) is 10.5. The second kappa shape index (κ2) is 9.21. The van der Waals surface area contributed by atoms with E-state index in [0.29, 0.717) is 5.82 Å². The third kappa shape index (κ3) is 7.71. The van der Waals surface area contributed by atoms with Crippen LogP contribution in [0.1, 0.15) is 13.8 Å². The molecule has 0 aromatic carbocycles. The van der Waals surface area contributed by atoms with E-state index >= 15 is 0 Å². The molecule has 122 valence electrons. The molecular formula is C14H14Br2N4O3. The van der Waals surface area contributed by atoms with E-state index in [1.165, 1.54) is 20.0 Å². The number of halogens is 2. The summed E-state index contributed by atoms with van der Waals surface area (Å²) in [4.78, 5) is 28.6. The van der Waals surface area contributed by atoms with E-state index in [4.69, 9.17) is 5.21 Å². The minimum Gasteiger partial charge on any atom is -0.427 e. The Labute approximate surface area is 149 Å². The number of nitrogens with one attached hydrogen (secondary N) is 1. The highest BCUT2D eigenvalue weighted by molar-refractivity contribution is 9.10. The Balaban J connectivity index is 0.000000231. The monoisotopic (exact) mass is 444 g/mol. The van der Waals surface area contributed by atoms with Crippen LogP contribution in [-0.2, 0) is 9.59 Å². The van der Waals surface area contributed by atoms with Gasteiger partial charge in [0.15, 0.2) is 5.49 Å². The first-order valence-electron chi connectivity index (χ1n) is 6.30. The van der Waals surface area contributed by atoms with Crippen molar-refractivity contribution in [1.82, 2.24) is 9.71 Å². The maximum Gasteiger partial charge on any atom is 0.244 e. The van der Waals surface area contributed by atoms with Crippen LogP contribution in [0.15, 0.2) is 50.6 Å². The van der Waals surface area contributed by atoms with E-state index in [1.807, 2.05) is 0 Å². The van der Waals surface area contributed by atoms with Crippen molar-refractivity contribution in [3.05, 3.63) is 51.1 Å². The summed E-state index contributed by atoms with van der Waals surface area (Å²) in [5.41, 5.74) is 0.205. The Morgan fingerprint density at radius 1 is 1.22 bits per heavy atom. The van der Waals surface area contributed by atoms with Gasteiger partial charge in [0, 0.05) is 35.2 Å². The number of nitrogens with zero attached hydrogens (tertiary/aromatic N) is 3. The number of carbonyl (C=O) groups excluding carboxylic acids is 2. The zero-order valence-electron chi connectivity index (χ0n) is 12.3. The van der Waals surface area contributed by atoms with Crippen LogP contribution in [0.3, 0.4) is 0 Å². The first-order valence-corrected chi connectivity index (χ1v) is 7.88. The fraction of sp³-hybridized carbons (Fsp3) is 0.143. The quantitative estimate of drug-likeness (QED) is 0.659. The van der Waals surface area contributed by atoms with Crippen LogP contribution in [0, 0.1) is 0 Å². The fourth-order valence-electron chi connectivity index (χ4n) is 1.35. The van der Waals surface area contributed by atoms with Gasteiger partial charge in [-0.2, -0.15) is 9.72 Å². The molecule has 0 aliphatic carbocycles. The molecule has 0 aliphatic heterocycles. The van der Waals surface area contributed by atoms with Crippen molar-refractivity contribution in [2.24, 2.45) is 4.99 Å². The van der Waals surface area contributed by atoms with Crippen molar-refractivity contribution in [2.75, 3.05) is 5.32 Å². The Bertz CT molecular complexity index is 775. The number of amides is 2. The Morgan fingerprint density at radius 3 is 2.43 bits per heavy atom. The zero-order chi connectivity index (χ0) is 17.4. The van der Waals surface area contributed by atoms with Crippen molar-refractivity contribution < 1.29 is 14.8 Å². The van der Waals surface area contributed by atoms with Gasteiger partial charge in [0.1, 0.15) is 5.82 Å². The molecule has 2 amide bonds. The average Bonchev–Trinajstić information content (AvgIpc) is 2.42. The molecule has 0 bridgehead atoms. The molecule has 2 aromatic rings. The molecule has 0 saturated carbocycles. The van der Waals surface area contributed by atoms with Gasteiger partial charge in [0.25, 0.3) is 0 Å². The summed E-state index contributed by atoms with van der Waals surface area (Å²) in [5, 5.41) is 11.7. The van der Waals surface area contributed by atoms with Crippen molar-refractivity contribution in [3.63, 3.8) is 0 Å². The van der Waals surface area contributed by atoms with Crippen molar-refractivity contribution >= 4 is 49.5 Å². The van der Waals surface area contributed by atoms with Crippen molar-refractivity contribution in [3.8, 4) is 0 Å². The van der Waals surface area contributed by atoms with Gasteiger partial charge in [0.2, 0.25) is 11.8 Å². The summed E-state index contributed by atoms with van der Waals surface area (Å²) in [7, 11) is 0. The number of hydrogen-bond donors (Lipinski definition) is 2.